The van der Waals surface area contributed by atoms with Crippen LogP contribution in [0.2, 0.25) is 0 Å². The number of nitrogens with two attached hydrogens (primary N) is 1. The van der Waals surface area contributed by atoms with Gasteiger partial charge in [0.15, 0.2) is 17.3 Å². The first-order valence-electron chi connectivity index (χ1n) is 6.41. The molecular formula is C12H20N6O. The zero-order valence-electron chi connectivity index (χ0n) is 11.3. The van der Waals surface area contributed by atoms with Crippen molar-refractivity contribution in [2.45, 2.75) is 19.9 Å². The predicted octanol–water partition coefficient (Wildman–Crippen LogP) is 0.102. The standard InChI is InChI=1S/C12H20N6O/c1-9(2)17-5-7-18(8-6-17)12-10(11(13)16-19)14-3-4-15-12/h3-4,9,19H,5-8H2,1-2H3,(H2,13,16). The highest BCUT2D eigenvalue weighted by molar-refractivity contribution is 5.99. The number of anilines is 1. The minimum absolute atomic E-state index is 0.00520. The third kappa shape index (κ3) is 2.93. The molecular weight excluding hydrogens is 244 g/mol. The molecule has 0 radical (unpaired) electrons. The second-order valence-electron chi connectivity index (χ2n) is 4.83. The van der Waals surface area contributed by atoms with Crippen molar-refractivity contribution in [1.29, 1.82) is 0 Å². The molecule has 2 heterocycles. The summed E-state index contributed by atoms with van der Waals surface area (Å²) in [6.07, 6.45) is 3.17. The van der Waals surface area contributed by atoms with Crippen molar-refractivity contribution in [1.82, 2.24) is 14.9 Å². The van der Waals surface area contributed by atoms with Crippen LogP contribution in [0.4, 0.5) is 5.82 Å². The first kappa shape index (κ1) is 13.5. The summed E-state index contributed by atoms with van der Waals surface area (Å²) in [6, 6.07) is 0.549. The summed E-state index contributed by atoms with van der Waals surface area (Å²) in [4.78, 5) is 13.0. The van der Waals surface area contributed by atoms with Crippen LogP contribution >= 0.6 is 0 Å². The first-order valence-corrected chi connectivity index (χ1v) is 6.41. The largest absolute Gasteiger partial charge is 0.409 e. The molecule has 7 heteroatoms. The first-order chi connectivity index (χ1) is 9.13. The molecule has 0 amide bonds. The lowest BCUT2D eigenvalue weighted by molar-refractivity contribution is 0.209. The van der Waals surface area contributed by atoms with E-state index in [0.717, 1.165) is 26.2 Å². The van der Waals surface area contributed by atoms with Gasteiger partial charge in [0.2, 0.25) is 0 Å². The second kappa shape index (κ2) is 5.83. The van der Waals surface area contributed by atoms with Crippen molar-refractivity contribution in [3.8, 4) is 0 Å². The van der Waals surface area contributed by atoms with E-state index in [1.807, 2.05) is 0 Å². The molecule has 7 nitrogen and oxygen atoms in total. The minimum Gasteiger partial charge on any atom is -0.409 e. The van der Waals surface area contributed by atoms with E-state index in [-0.39, 0.29) is 5.84 Å². The minimum atomic E-state index is -0.00520. The Morgan fingerprint density at radius 3 is 2.47 bits per heavy atom. The molecule has 104 valence electrons. The molecule has 0 bridgehead atoms. The number of aromatic nitrogens is 2. The SMILES string of the molecule is CC(C)N1CCN(c2nccnc2C(N)=NO)CC1. The Bertz CT molecular complexity index is 453. The van der Waals surface area contributed by atoms with Crippen molar-refractivity contribution in [3.63, 3.8) is 0 Å². The van der Waals surface area contributed by atoms with Gasteiger partial charge in [0.1, 0.15) is 0 Å². The fourth-order valence-corrected chi connectivity index (χ4v) is 2.24. The number of oxime groups is 1. The van der Waals surface area contributed by atoms with Crippen LogP contribution in [0.1, 0.15) is 19.5 Å². The van der Waals surface area contributed by atoms with Crippen molar-refractivity contribution in [2.75, 3.05) is 31.1 Å². The number of piperazine rings is 1. The monoisotopic (exact) mass is 264 g/mol. The molecule has 0 aliphatic carbocycles. The van der Waals surface area contributed by atoms with Gasteiger partial charge in [-0.05, 0) is 13.8 Å². The summed E-state index contributed by atoms with van der Waals surface area (Å²) in [5.74, 6) is 0.676. The summed E-state index contributed by atoms with van der Waals surface area (Å²) in [6.45, 7) is 8.07. The van der Waals surface area contributed by atoms with Crippen LogP contribution in [0.3, 0.4) is 0 Å². The Balaban J connectivity index is 2.16. The number of hydrogen-bond acceptors (Lipinski definition) is 6. The van der Waals surface area contributed by atoms with Gasteiger partial charge in [-0.1, -0.05) is 5.16 Å². The van der Waals surface area contributed by atoms with Crippen LogP contribution in [0, 0.1) is 0 Å². The highest BCUT2D eigenvalue weighted by atomic mass is 16.4. The normalized spacial score (nSPS) is 18.1. The lowest BCUT2D eigenvalue weighted by atomic mass is 10.2. The van der Waals surface area contributed by atoms with Gasteiger partial charge in [0.25, 0.3) is 0 Å². The van der Waals surface area contributed by atoms with Crippen LogP contribution in [0.25, 0.3) is 0 Å². The molecule has 1 saturated heterocycles. The molecule has 0 spiro atoms. The molecule has 1 aromatic heterocycles. The maximum absolute atomic E-state index is 8.79. The lowest BCUT2D eigenvalue weighted by Gasteiger charge is -2.37. The van der Waals surface area contributed by atoms with Crippen LogP contribution in [-0.2, 0) is 0 Å². The van der Waals surface area contributed by atoms with E-state index in [1.165, 1.54) is 0 Å². The molecule has 0 unspecified atom stereocenters. The van der Waals surface area contributed by atoms with Crippen molar-refractivity contribution in [3.05, 3.63) is 18.1 Å². The Hall–Kier alpha value is -1.89. The van der Waals surface area contributed by atoms with Gasteiger partial charge in [-0.3, -0.25) is 4.90 Å². The van der Waals surface area contributed by atoms with Gasteiger partial charge in [-0.15, -0.1) is 0 Å². The second-order valence-corrected chi connectivity index (χ2v) is 4.83. The molecule has 0 atom stereocenters. The molecule has 1 aliphatic heterocycles. The number of amidine groups is 1. The van der Waals surface area contributed by atoms with Gasteiger partial charge in [-0.2, -0.15) is 0 Å². The fraction of sp³-hybridized carbons (Fsp3) is 0.583. The Kier molecular flexibility index (Phi) is 4.16. The predicted molar refractivity (Wildman–Crippen MR) is 73.5 cm³/mol. The third-order valence-electron chi connectivity index (χ3n) is 3.37. The number of nitrogens with zero attached hydrogens (tertiary/aromatic N) is 5. The van der Waals surface area contributed by atoms with Crippen LogP contribution in [-0.4, -0.2) is 58.1 Å². The van der Waals surface area contributed by atoms with Gasteiger partial charge in [-0.25, -0.2) is 9.97 Å². The molecule has 3 N–H and O–H groups in total. The van der Waals surface area contributed by atoms with Gasteiger partial charge in [0.05, 0.1) is 0 Å². The average Bonchev–Trinajstić information content (AvgIpc) is 2.46. The van der Waals surface area contributed by atoms with Gasteiger partial charge >= 0.3 is 0 Å². The van der Waals surface area contributed by atoms with E-state index >= 15 is 0 Å². The summed E-state index contributed by atoms with van der Waals surface area (Å²) >= 11 is 0. The number of hydrogen-bond donors (Lipinski definition) is 2. The quantitative estimate of drug-likeness (QED) is 0.348. The third-order valence-corrected chi connectivity index (χ3v) is 3.37. The Morgan fingerprint density at radius 2 is 1.89 bits per heavy atom. The zero-order valence-corrected chi connectivity index (χ0v) is 11.3. The Morgan fingerprint density at radius 1 is 1.26 bits per heavy atom. The lowest BCUT2D eigenvalue weighted by Crippen LogP contribution is -2.49. The highest BCUT2D eigenvalue weighted by Crippen LogP contribution is 2.17. The molecule has 0 saturated carbocycles. The molecule has 2 rings (SSSR count). The van der Waals surface area contributed by atoms with E-state index in [0.29, 0.717) is 17.6 Å². The molecule has 1 fully saturated rings. The summed E-state index contributed by atoms with van der Waals surface area (Å²) in [7, 11) is 0. The maximum Gasteiger partial charge on any atom is 0.192 e. The van der Waals surface area contributed by atoms with E-state index in [9.17, 15) is 0 Å². The molecule has 19 heavy (non-hydrogen) atoms. The van der Waals surface area contributed by atoms with E-state index in [2.05, 4.69) is 38.8 Å². The molecule has 0 aromatic carbocycles. The topological polar surface area (TPSA) is 90.9 Å². The van der Waals surface area contributed by atoms with Crippen molar-refractivity contribution < 1.29 is 5.21 Å². The van der Waals surface area contributed by atoms with Crippen LogP contribution in [0.15, 0.2) is 17.5 Å². The smallest absolute Gasteiger partial charge is 0.192 e. The summed E-state index contributed by atoms with van der Waals surface area (Å²) < 4.78 is 0. The van der Waals surface area contributed by atoms with Crippen molar-refractivity contribution >= 4 is 11.7 Å². The van der Waals surface area contributed by atoms with Gasteiger partial charge in [0, 0.05) is 44.6 Å². The average molecular weight is 264 g/mol. The molecule has 1 aliphatic rings. The van der Waals surface area contributed by atoms with E-state index in [4.69, 9.17) is 10.9 Å². The van der Waals surface area contributed by atoms with Crippen LogP contribution < -0.4 is 10.6 Å². The van der Waals surface area contributed by atoms with E-state index < -0.39 is 0 Å². The zero-order chi connectivity index (χ0) is 13.8. The number of rotatable bonds is 3. The van der Waals surface area contributed by atoms with Crippen molar-refractivity contribution in [2.24, 2.45) is 10.9 Å². The van der Waals surface area contributed by atoms with E-state index in [1.54, 1.807) is 12.4 Å². The summed E-state index contributed by atoms with van der Waals surface area (Å²) in [5.41, 5.74) is 6.07. The Labute approximate surface area is 112 Å². The molecule has 1 aromatic rings. The van der Waals surface area contributed by atoms with Crippen LogP contribution in [0.5, 0.6) is 0 Å². The maximum atomic E-state index is 8.79. The fourth-order valence-electron chi connectivity index (χ4n) is 2.24. The van der Waals surface area contributed by atoms with Gasteiger partial charge < -0.3 is 15.8 Å². The summed E-state index contributed by atoms with van der Waals surface area (Å²) in [5, 5.41) is 11.8. The highest BCUT2D eigenvalue weighted by Gasteiger charge is 2.23.